The predicted molar refractivity (Wildman–Crippen MR) is 77.6 cm³/mol. The number of hydrogen-bond donors (Lipinski definition) is 1. The normalized spacial score (nSPS) is 11.1. The van der Waals surface area contributed by atoms with Crippen molar-refractivity contribution in [2.75, 3.05) is 0 Å². The molecule has 1 aromatic carbocycles. The number of benzene rings is 1. The van der Waals surface area contributed by atoms with Crippen LogP contribution in [-0.2, 0) is 6.42 Å². The molecule has 0 aliphatic carbocycles. The Morgan fingerprint density at radius 1 is 1.21 bits per heavy atom. The second-order valence-electron chi connectivity index (χ2n) is 4.82. The molecule has 0 bridgehead atoms. The van der Waals surface area contributed by atoms with Gasteiger partial charge in [0.2, 0.25) is 5.28 Å². The molecule has 0 radical (unpaired) electrons. The number of nitrogens with zero attached hydrogens (tertiary/aromatic N) is 2. The molecule has 3 rings (SSSR count). The van der Waals surface area contributed by atoms with E-state index in [4.69, 9.17) is 11.6 Å². The first-order valence-corrected chi connectivity index (χ1v) is 6.56. The number of halogens is 1. The van der Waals surface area contributed by atoms with Crippen molar-refractivity contribution in [2.24, 2.45) is 0 Å². The van der Waals surface area contributed by atoms with E-state index >= 15 is 0 Å². The standard InChI is InChI=1S/C15H14ClN3/c1-9-8-17-15(16)19-14(9)7-11-3-4-13-12(6-11)5-10(2)18-13/h3-6,8,18H,7H2,1-2H3. The van der Waals surface area contributed by atoms with E-state index in [1.165, 1.54) is 22.2 Å². The molecule has 4 heteroatoms. The van der Waals surface area contributed by atoms with Gasteiger partial charge in [0, 0.05) is 23.8 Å². The summed E-state index contributed by atoms with van der Waals surface area (Å²) in [6.07, 6.45) is 2.54. The van der Waals surface area contributed by atoms with Crippen LogP contribution in [-0.4, -0.2) is 15.0 Å². The van der Waals surface area contributed by atoms with Gasteiger partial charge in [-0.25, -0.2) is 9.97 Å². The summed E-state index contributed by atoms with van der Waals surface area (Å²) in [4.78, 5) is 11.6. The lowest BCUT2D eigenvalue weighted by molar-refractivity contribution is 0.997. The van der Waals surface area contributed by atoms with Crippen molar-refractivity contribution in [1.29, 1.82) is 0 Å². The summed E-state index contributed by atoms with van der Waals surface area (Å²) in [5, 5.41) is 1.53. The van der Waals surface area contributed by atoms with Gasteiger partial charge in [-0.2, -0.15) is 0 Å². The molecule has 0 atom stereocenters. The SMILES string of the molecule is Cc1cc2cc(Cc3nc(Cl)ncc3C)ccc2[nH]1. The number of hydrogen-bond acceptors (Lipinski definition) is 2. The van der Waals surface area contributed by atoms with Crippen LogP contribution in [0.25, 0.3) is 10.9 Å². The summed E-state index contributed by atoms with van der Waals surface area (Å²) in [5.74, 6) is 0. The summed E-state index contributed by atoms with van der Waals surface area (Å²) >= 11 is 5.85. The Hall–Kier alpha value is -1.87. The van der Waals surface area contributed by atoms with E-state index in [0.717, 1.165) is 17.7 Å². The molecule has 0 spiro atoms. The molecular formula is C15H14ClN3. The third-order valence-electron chi connectivity index (χ3n) is 3.24. The zero-order valence-electron chi connectivity index (χ0n) is 10.9. The van der Waals surface area contributed by atoms with Gasteiger partial charge in [0.05, 0.1) is 5.69 Å². The Bertz CT molecular complexity index is 746. The van der Waals surface area contributed by atoms with Crippen LogP contribution in [0.4, 0.5) is 0 Å². The molecule has 96 valence electrons. The molecule has 0 fully saturated rings. The molecule has 0 saturated carbocycles. The van der Waals surface area contributed by atoms with Crippen LogP contribution in [0.5, 0.6) is 0 Å². The first-order valence-electron chi connectivity index (χ1n) is 6.18. The summed E-state index contributed by atoms with van der Waals surface area (Å²) in [6, 6.07) is 8.57. The second kappa shape index (κ2) is 4.67. The molecular weight excluding hydrogens is 258 g/mol. The van der Waals surface area contributed by atoms with E-state index in [9.17, 15) is 0 Å². The molecule has 19 heavy (non-hydrogen) atoms. The van der Waals surface area contributed by atoms with Gasteiger partial charge in [-0.05, 0) is 60.2 Å². The van der Waals surface area contributed by atoms with E-state index in [2.05, 4.69) is 46.1 Å². The van der Waals surface area contributed by atoms with Gasteiger partial charge >= 0.3 is 0 Å². The Labute approximate surface area is 116 Å². The van der Waals surface area contributed by atoms with Gasteiger partial charge in [-0.15, -0.1) is 0 Å². The third kappa shape index (κ3) is 2.47. The first kappa shape index (κ1) is 12.2. The maximum atomic E-state index is 5.85. The van der Waals surface area contributed by atoms with E-state index in [1.54, 1.807) is 6.20 Å². The fourth-order valence-corrected chi connectivity index (χ4v) is 2.41. The summed E-state index contributed by atoms with van der Waals surface area (Å²) in [6.45, 7) is 4.07. The molecule has 0 aliphatic heterocycles. The van der Waals surface area contributed by atoms with Crippen LogP contribution in [0.3, 0.4) is 0 Å². The summed E-state index contributed by atoms with van der Waals surface area (Å²) in [5.41, 5.74) is 5.61. The highest BCUT2D eigenvalue weighted by Crippen LogP contribution is 2.19. The number of rotatable bonds is 2. The first-order chi connectivity index (χ1) is 9.11. The quantitative estimate of drug-likeness (QED) is 0.720. The number of aromatic nitrogens is 3. The summed E-state index contributed by atoms with van der Waals surface area (Å²) < 4.78 is 0. The molecule has 0 amide bonds. The maximum absolute atomic E-state index is 5.85. The van der Waals surface area contributed by atoms with Crippen molar-refractivity contribution in [2.45, 2.75) is 20.3 Å². The molecule has 3 nitrogen and oxygen atoms in total. The minimum atomic E-state index is 0.305. The molecule has 3 aromatic rings. The van der Waals surface area contributed by atoms with E-state index < -0.39 is 0 Å². The molecule has 2 heterocycles. The van der Waals surface area contributed by atoms with Gasteiger partial charge in [-0.3, -0.25) is 0 Å². The fourth-order valence-electron chi connectivity index (χ4n) is 2.26. The van der Waals surface area contributed by atoms with Gasteiger partial charge < -0.3 is 4.98 Å². The second-order valence-corrected chi connectivity index (χ2v) is 5.16. The van der Waals surface area contributed by atoms with Crippen molar-refractivity contribution in [3.63, 3.8) is 0 Å². The molecule has 0 saturated heterocycles. The number of fused-ring (bicyclic) bond motifs is 1. The molecule has 0 aliphatic rings. The van der Waals surface area contributed by atoms with Gasteiger partial charge in [0.25, 0.3) is 0 Å². The number of H-pyrrole nitrogens is 1. The largest absolute Gasteiger partial charge is 0.359 e. The lowest BCUT2D eigenvalue weighted by Gasteiger charge is -2.05. The van der Waals surface area contributed by atoms with Crippen molar-refractivity contribution >= 4 is 22.5 Å². The highest BCUT2D eigenvalue weighted by molar-refractivity contribution is 6.28. The van der Waals surface area contributed by atoms with Crippen LogP contribution >= 0.6 is 11.6 Å². The van der Waals surface area contributed by atoms with Crippen LogP contribution in [0, 0.1) is 13.8 Å². The van der Waals surface area contributed by atoms with Crippen molar-refractivity contribution in [1.82, 2.24) is 15.0 Å². The minimum absolute atomic E-state index is 0.305. The zero-order chi connectivity index (χ0) is 13.4. The Balaban J connectivity index is 1.98. The van der Waals surface area contributed by atoms with Crippen LogP contribution in [0.1, 0.15) is 22.5 Å². The van der Waals surface area contributed by atoms with Gasteiger partial charge in [-0.1, -0.05) is 6.07 Å². The number of nitrogens with one attached hydrogen (secondary N) is 1. The van der Waals surface area contributed by atoms with Gasteiger partial charge in [0.15, 0.2) is 0 Å². The van der Waals surface area contributed by atoms with Gasteiger partial charge in [0.1, 0.15) is 0 Å². The van der Waals surface area contributed by atoms with Crippen molar-refractivity contribution in [3.8, 4) is 0 Å². The summed E-state index contributed by atoms with van der Waals surface area (Å²) in [7, 11) is 0. The predicted octanol–water partition coefficient (Wildman–Crippen LogP) is 3.82. The van der Waals surface area contributed by atoms with Crippen molar-refractivity contribution < 1.29 is 0 Å². The number of aryl methyl sites for hydroxylation is 2. The van der Waals surface area contributed by atoms with Crippen LogP contribution < -0.4 is 0 Å². The van der Waals surface area contributed by atoms with Crippen LogP contribution in [0.15, 0.2) is 30.5 Å². The monoisotopic (exact) mass is 271 g/mol. The highest BCUT2D eigenvalue weighted by atomic mass is 35.5. The topological polar surface area (TPSA) is 41.6 Å². The lowest BCUT2D eigenvalue weighted by Crippen LogP contribution is -1.98. The van der Waals surface area contributed by atoms with E-state index in [-0.39, 0.29) is 0 Å². The molecule has 2 aromatic heterocycles. The third-order valence-corrected chi connectivity index (χ3v) is 3.42. The van der Waals surface area contributed by atoms with Crippen LogP contribution in [0.2, 0.25) is 5.28 Å². The molecule has 0 unspecified atom stereocenters. The average molecular weight is 272 g/mol. The highest BCUT2D eigenvalue weighted by Gasteiger charge is 2.05. The fraction of sp³-hybridized carbons (Fsp3) is 0.200. The zero-order valence-corrected chi connectivity index (χ0v) is 11.6. The Morgan fingerprint density at radius 3 is 2.89 bits per heavy atom. The van der Waals surface area contributed by atoms with E-state index in [1.807, 2.05) is 6.92 Å². The lowest BCUT2D eigenvalue weighted by atomic mass is 10.1. The Morgan fingerprint density at radius 2 is 2.05 bits per heavy atom. The van der Waals surface area contributed by atoms with Crippen molar-refractivity contribution in [3.05, 3.63) is 58.3 Å². The molecule has 1 N–H and O–H groups in total. The maximum Gasteiger partial charge on any atom is 0.222 e. The Kier molecular flexibility index (Phi) is 2.99. The number of aromatic amines is 1. The average Bonchev–Trinajstić information content (AvgIpc) is 2.73. The van der Waals surface area contributed by atoms with E-state index in [0.29, 0.717) is 5.28 Å². The smallest absolute Gasteiger partial charge is 0.222 e. The minimum Gasteiger partial charge on any atom is -0.359 e.